The molecule has 9 heteroatoms. The molecule has 0 amide bonds. The van der Waals surface area contributed by atoms with Crippen molar-refractivity contribution in [2.24, 2.45) is 0 Å². The Labute approximate surface area is 137 Å². The van der Waals surface area contributed by atoms with Gasteiger partial charge in [0, 0.05) is 17.7 Å². The fourth-order valence-electron chi connectivity index (χ4n) is 2.28. The summed E-state index contributed by atoms with van der Waals surface area (Å²) >= 11 is 0. The molecule has 0 spiro atoms. The maximum absolute atomic E-state index is 10.6. The van der Waals surface area contributed by atoms with Gasteiger partial charge in [-0.05, 0) is 11.0 Å². The molecule has 2 aromatic carbocycles. The zero-order valence-corrected chi connectivity index (χ0v) is 12.5. The van der Waals surface area contributed by atoms with Gasteiger partial charge in [0.2, 0.25) is 0 Å². The third kappa shape index (κ3) is 3.48. The zero-order valence-electron chi connectivity index (χ0n) is 12.5. The van der Waals surface area contributed by atoms with Gasteiger partial charge in [-0.15, -0.1) is 5.10 Å². The number of nitro benzene ring substituents is 1. The molecule has 0 fully saturated rings. The van der Waals surface area contributed by atoms with Crippen LogP contribution in [0.15, 0.2) is 54.7 Å². The van der Waals surface area contributed by atoms with Gasteiger partial charge in [0.25, 0.3) is 5.69 Å². The summed E-state index contributed by atoms with van der Waals surface area (Å²) in [6.07, 6.45) is 1.73. The van der Waals surface area contributed by atoms with E-state index in [0.29, 0.717) is 17.7 Å². The van der Waals surface area contributed by atoms with Gasteiger partial charge < -0.3 is 10.0 Å². The number of hydrogen-bond donors (Lipinski definition) is 2. The first-order chi connectivity index (χ1) is 11.5. The minimum absolute atomic E-state index is 0.0393. The Bertz CT molecular complexity index is 864. The Balaban J connectivity index is 1.78. The van der Waals surface area contributed by atoms with Crippen molar-refractivity contribution in [3.8, 4) is 11.3 Å². The number of nitrogens with zero attached hydrogens (tertiary/aromatic N) is 4. The quantitative estimate of drug-likeness (QED) is 0.403. The second kappa shape index (κ2) is 6.61. The molecule has 0 atom stereocenters. The molecule has 24 heavy (non-hydrogen) atoms. The fourth-order valence-corrected chi connectivity index (χ4v) is 2.28. The lowest BCUT2D eigenvalue weighted by molar-refractivity contribution is -0.384. The van der Waals surface area contributed by atoms with E-state index < -0.39 is 12.0 Å². The zero-order chi connectivity index (χ0) is 17.1. The monoisotopic (exact) mass is 324 g/mol. The molecule has 2 N–H and O–H groups in total. The molecule has 1 aromatic heterocycles. The number of nitro groups is 1. The first-order valence-electron chi connectivity index (χ1n) is 7.13. The van der Waals surface area contributed by atoms with E-state index in [2.05, 4.69) is 10.3 Å². The molecule has 0 aliphatic carbocycles. The van der Waals surface area contributed by atoms with Crippen LogP contribution < -0.4 is 5.46 Å². The first kappa shape index (κ1) is 15.8. The maximum Gasteiger partial charge on any atom is 0.488 e. The van der Waals surface area contributed by atoms with Crippen molar-refractivity contribution < 1.29 is 15.0 Å². The van der Waals surface area contributed by atoms with E-state index in [4.69, 9.17) is 0 Å². The van der Waals surface area contributed by atoms with Crippen molar-refractivity contribution in [2.45, 2.75) is 6.54 Å². The second-order valence-corrected chi connectivity index (χ2v) is 5.22. The molecule has 0 aliphatic heterocycles. The van der Waals surface area contributed by atoms with E-state index in [0.717, 1.165) is 11.1 Å². The van der Waals surface area contributed by atoms with Crippen LogP contribution >= 0.6 is 0 Å². The normalized spacial score (nSPS) is 10.6. The molecule has 0 bridgehead atoms. The predicted octanol–water partition coefficient (Wildman–Crippen LogP) is 0.581. The average molecular weight is 324 g/mol. The Morgan fingerprint density at radius 2 is 1.92 bits per heavy atom. The molecule has 3 aromatic rings. The SMILES string of the molecule is O=[N+]([O-])c1ccc(Cn2cc(-c3cccc(B(O)O)c3)nn2)cc1. The molecule has 0 saturated carbocycles. The molecular formula is C15H13BN4O4. The van der Waals surface area contributed by atoms with E-state index in [1.165, 1.54) is 12.1 Å². The van der Waals surface area contributed by atoms with E-state index >= 15 is 0 Å². The number of aromatic nitrogens is 3. The van der Waals surface area contributed by atoms with Crippen molar-refractivity contribution in [2.75, 3.05) is 0 Å². The number of rotatable bonds is 5. The van der Waals surface area contributed by atoms with Gasteiger partial charge in [0.1, 0.15) is 5.69 Å². The maximum atomic E-state index is 10.6. The minimum atomic E-state index is -1.54. The van der Waals surface area contributed by atoms with Gasteiger partial charge in [-0.1, -0.05) is 41.6 Å². The summed E-state index contributed by atoms with van der Waals surface area (Å²) in [4.78, 5) is 10.2. The average Bonchev–Trinajstić information content (AvgIpc) is 3.04. The number of hydrogen-bond acceptors (Lipinski definition) is 6. The lowest BCUT2D eigenvalue weighted by atomic mass is 9.79. The topological polar surface area (TPSA) is 114 Å². The molecular weight excluding hydrogens is 311 g/mol. The van der Waals surface area contributed by atoms with Crippen LogP contribution in [0, 0.1) is 10.1 Å². The highest BCUT2D eigenvalue weighted by atomic mass is 16.6. The molecule has 3 rings (SSSR count). The van der Waals surface area contributed by atoms with Crippen LogP contribution in [0.5, 0.6) is 0 Å². The third-order valence-corrected chi connectivity index (χ3v) is 3.51. The molecule has 0 saturated heterocycles. The summed E-state index contributed by atoms with van der Waals surface area (Å²) in [6.45, 7) is 0.424. The highest BCUT2D eigenvalue weighted by Gasteiger charge is 2.13. The van der Waals surface area contributed by atoms with Gasteiger partial charge in [0.15, 0.2) is 0 Å². The summed E-state index contributed by atoms with van der Waals surface area (Å²) in [5.74, 6) is 0. The minimum Gasteiger partial charge on any atom is -0.423 e. The van der Waals surface area contributed by atoms with Crippen LogP contribution in [-0.2, 0) is 6.54 Å². The van der Waals surface area contributed by atoms with Crippen LogP contribution in [0.25, 0.3) is 11.3 Å². The summed E-state index contributed by atoms with van der Waals surface area (Å²) < 4.78 is 1.61. The van der Waals surface area contributed by atoms with Crippen molar-refractivity contribution in [3.05, 3.63) is 70.4 Å². The Kier molecular flexibility index (Phi) is 4.36. The Hall–Kier alpha value is -3.04. The first-order valence-corrected chi connectivity index (χ1v) is 7.13. The largest absolute Gasteiger partial charge is 0.488 e. The van der Waals surface area contributed by atoms with Crippen LogP contribution in [0.2, 0.25) is 0 Å². The summed E-state index contributed by atoms with van der Waals surface area (Å²) in [5, 5.41) is 37.2. The summed E-state index contributed by atoms with van der Waals surface area (Å²) in [6, 6.07) is 13.0. The van der Waals surface area contributed by atoms with E-state index in [1.54, 1.807) is 47.3 Å². The van der Waals surface area contributed by atoms with Gasteiger partial charge in [0.05, 0.1) is 17.7 Å². The van der Waals surface area contributed by atoms with E-state index in [-0.39, 0.29) is 5.69 Å². The smallest absolute Gasteiger partial charge is 0.423 e. The highest BCUT2D eigenvalue weighted by molar-refractivity contribution is 6.58. The molecule has 0 radical (unpaired) electrons. The molecule has 120 valence electrons. The number of benzene rings is 2. The third-order valence-electron chi connectivity index (χ3n) is 3.51. The molecule has 0 aliphatic rings. The highest BCUT2D eigenvalue weighted by Crippen LogP contribution is 2.16. The van der Waals surface area contributed by atoms with Crippen LogP contribution in [-0.4, -0.2) is 37.1 Å². The summed E-state index contributed by atoms with van der Waals surface area (Å²) in [5.41, 5.74) is 2.58. The molecule has 8 nitrogen and oxygen atoms in total. The Morgan fingerprint density at radius 3 is 2.58 bits per heavy atom. The predicted molar refractivity (Wildman–Crippen MR) is 87.5 cm³/mol. The lowest BCUT2D eigenvalue weighted by Gasteiger charge is -2.02. The standard InChI is InChI=1S/C15H13BN4O4/c21-16(22)13-3-1-2-12(8-13)15-10-19(18-17-15)9-11-4-6-14(7-5-11)20(23)24/h1-8,10,21-22H,9H2. The lowest BCUT2D eigenvalue weighted by Crippen LogP contribution is -2.29. The van der Waals surface area contributed by atoms with Crippen molar-refractivity contribution in [3.63, 3.8) is 0 Å². The molecule has 0 unspecified atom stereocenters. The van der Waals surface area contributed by atoms with E-state index in [1.807, 2.05) is 0 Å². The van der Waals surface area contributed by atoms with Gasteiger partial charge >= 0.3 is 7.12 Å². The van der Waals surface area contributed by atoms with E-state index in [9.17, 15) is 20.2 Å². The summed E-state index contributed by atoms with van der Waals surface area (Å²) in [7, 11) is -1.54. The van der Waals surface area contributed by atoms with Gasteiger partial charge in [-0.25, -0.2) is 4.68 Å². The number of non-ortho nitro benzene ring substituents is 1. The Morgan fingerprint density at radius 1 is 1.17 bits per heavy atom. The molecule has 1 heterocycles. The van der Waals surface area contributed by atoms with Crippen LogP contribution in [0.3, 0.4) is 0 Å². The van der Waals surface area contributed by atoms with Crippen molar-refractivity contribution >= 4 is 18.3 Å². The van der Waals surface area contributed by atoms with Crippen molar-refractivity contribution in [1.29, 1.82) is 0 Å². The van der Waals surface area contributed by atoms with Gasteiger partial charge in [-0.2, -0.15) is 0 Å². The van der Waals surface area contributed by atoms with Crippen LogP contribution in [0.1, 0.15) is 5.56 Å². The van der Waals surface area contributed by atoms with Crippen molar-refractivity contribution in [1.82, 2.24) is 15.0 Å². The fraction of sp³-hybridized carbons (Fsp3) is 0.0667. The second-order valence-electron chi connectivity index (χ2n) is 5.22. The van der Waals surface area contributed by atoms with Crippen LogP contribution in [0.4, 0.5) is 5.69 Å². The van der Waals surface area contributed by atoms with Gasteiger partial charge in [-0.3, -0.25) is 10.1 Å².